The molecule has 2 bridgehead atoms. The van der Waals surface area contributed by atoms with Gasteiger partial charge < -0.3 is 10.4 Å². The molecule has 0 amide bonds. The number of benzene rings is 2. The first-order chi connectivity index (χ1) is 11.8. The number of hydrogen-bond acceptors (Lipinski definition) is 2. The van der Waals surface area contributed by atoms with Crippen LogP contribution in [0.1, 0.15) is 43.2 Å². The van der Waals surface area contributed by atoms with E-state index in [0.717, 1.165) is 12.3 Å². The summed E-state index contributed by atoms with van der Waals surface area (Å²) in [6.07, 6.45) is 7.98. The number of piperidine rings is 1. The highest BCUT2D eigenvalue weighted by Gasteiger charge is 2.51. The Labute approximate surface area is 143 Å². The van der Waals surface area contributed by atoms with Crippen LogP contribution in [-0.4, -0.2) is 17.7 Å². The second kappa shape index (κ2) is 5.35. The summed E-state index contributed by atoms with van der Waals surface area (Å²) < 4.78 is 0. The number of fused-ring (bicyclic) bond motifs is 1. The maximum atomic E-state index is 9.62. The van der Waals surface area contributed by atoms with Gasteiger partial charge in [0.05, 0.1) is 0 Å². The van der Waals surface area contributed by atoms with Gasteiger partial charge in [-0.2, -0.15) is 0 Å². The predicted molar refractivity (Wildman–Crippen MR) is 97.3 cm³/mol. The van der Waals surface area contributed by atoms with E-state index in [1.54, 1.807) is 23.3 Å². The normalized spacial score (nSPS) is 31.2. The maximum absolute atomic E-state index is 9.62. The second-order valence-corrected chi connectivity index (χ2v) is 7.90. The summed E-state index contributed by atoms with van der Waals surface area (Å²) in [6.45, 7) is 1.17. The van der Waals surface area contributed by atoms with Crippen LogP contribution in [0.15, 0.2) is 42.5 Å². The molecular formula is C22H25NO. The van der Waals surface area contributed by atoms with Gasteiger partial charge in [-0.25, -0.2) is 0 Å². The lowest BCUT2D eigenvalue weighted by Gasteiger charge is -2.56. The van der Waals surface area contributed by atoms with Gasteiger partial charge in [-0.3, -0.25) is 0 Å². The molecule has 2 fully saturated rings. The van der Waals surface area contributed by atoms with E-state index in [1.807, 2.05) is 0 Å². The quantitative estimate of drug-likeness (QED) is 0.816. The molecule has 3 atom stereocenters. The van der Waals surface area contributed by atoms with Gasteiger partial charge in [0.2, 0.25) is 0 Å². The van der Waals surface area contributed by atoms with Crippen LogP contribution < -0.4 is 5.32 Å². The molecule has 2 aromatic carbocycles. The lowest BCUT2D eigenvalue weighted by molar-refractivity contribution is 0.0799. The fourth-order valence-electron chi connectivity index (χ4n) is 5.87. The van der Waals surface area contributed by atoms with Crippen molar-refractivity contribution in [2.24, 2.45) is 5.92 Å². The molecule has 1 heterocycles. The Morgan fingerprint density at radius 2 is 1.88 bits per heavy atom. The first kappa shape index (κ1) is 14.5. The van der Waals surface area contributed by atoms with Crippen LogP contribution in [0.2, 0.25) is 0 Å². The minimum absolute atomic E-state index is 0.341. The summed E-state index contributed by atoms with van der Waals surface area (Å²) in [5.41, 5.74) is 6.20. The Kier molecular flexibility index (Phi) is 3.24. The van der Waals surface area contributed by atoms with Crippen molar-refractivity contribution in [3.63, 3.8) is 0 Å². The summed E-state index contributed by atoms with van der Waals surface area (Å²) in [5, 5.41) is 13.4. The van der Waals surface area contributed by atoms with Crippen molar-refractivity contribution in [2.45, 2.75) is 50.0 Å². The van der Waals surface area contributed by atoms with Crippen molar-refractivity contribution in [3.05, 3.63) is 53.6 Å². The molecule has 1 saturated carbocycles. The van der Waals surface area contributed by atoms with Crippen LogP contribution in [0.5, 0.6) is 5.75 Å². The molecule has 2 aliphatic carbocycles. The van der Waals surface area contributed by atoms with Crippen LogP contribution in [0.4, 0.5) is 0 Å². The molecule has 0 unspecified atom stereocenters. The van der Waals surface area contributed by atoms with Gasteiger partial charge in [0.15, 0.2) is 0 Å². The average molecular weight is 319 g/mol. The Hall–Kier alpha value is -1.80. The van der Waals surface area contributed by atoms with E-state index in [2.05, 4.69) is 35.6 Å². The molecule has 124 valence electrons. The van der Waals surface area contributed by atoms with E-state index in [0.29, 0.717) is 17.2 Å². The Morgan fingerprint density at radius 3 is 2.75 bits per heavy atom. The van der Waals surface area contributed by atoms with Gasteiger partial charge in [0.1, 0.15) is 5.75 Å². The molecule has 24 heavy (non-hydrogen) atoms. The number of phenols is 1. The van der Waals surface area contributed by atoms with E-state index in [1.165, 1.54) is 49.8 Å². The maximum Gasteiger partial charge on any atom is 0.115 e. The molecule has 2 N–H and O–H groups in total. The molecule has 2 nitrogen and oxygen atoms in total. The van der Waals surface area contributed by atoms with Gasteiger partial charge in [0.25, 0.3) is 0 Å². The molecule has 3 aliphatic rings. The van der Waals surface area contributed by atoms with E-state index < -0.39 is 0 Å². The topological polar surface area (TPSA) is 32.3 Å². The van der Waals surface area contributed by atoms with Crippen molar-refractivity contribution in [2.75, 3.05) is 6.54 Å². The van der Waals surface area contributed by atoms with Crippen molar-refractivity contribution in [1.29, 1.82) is 0 Å². The molecule has 0 radical (unpaired) electrons. The lowest BCUT2D eigenvalue weighted by Crippen LogP contribution is -2.59. The van der Waals surface area contributed by atoms with Crippen molar-refractivity contribution >= 4 is 0 Å². The average Bonchev–Trinajstić information content (AvgIpc) is 2.62. The number of nitrogens with one attached hydrogen (secondary N) is 1. The number of aromatic hydroxyl groups is 1. The predicted octanol–water partition coefficient (Wildman–Crippen LogP) is 4.41. The molecule has 2 heteroatoms. The van der Waals surface area contributed by atoms with Gasteiger partial charge in [0, 0.05) is 11.5 Å². The Balaban J connectivity index is 1.69. The third kappa shape index (κ3) is 1.99. The number of phenolic OH excluding ortho intramolecular Hbond substituents is 1. The fourth-order valence-corrected chi connectivity index (χ4v) is 5.87. The molecule has 1 aliphatic heterocycles. The van der Waals surface area contributed by atoms with E-state index in [4.69, 9.17) is 0 Å². The van der Waals surface area contributed by atoms with Gasteiger partial charge >= 0.3 is 0 Å². The summed E-state index contributed by atoms with van der Waals surface area (Å²) in [6, 6.07) is 15.3. The molecule has 0 spiro atoms. The van der Waals surface area contributed by atoms with Gasteiger partial charge in [-0.05, 0) is 72.5 Å². The minimum Gasteiger partial charge on any atom is -0.508 e. The Morgan fingerprint density at radius 1 is 1.00 bits per heavy atom. The number of rotatable bonds is 1. The third-order valence-corrected chi connectivity index (χ3v) is 6.88. The summed E-state index contributed by atoms with van der Waals surface area (Å²) >= 11 is 0. The van der Waals surface area contributed by atoms with Crippen molar-refractivity contribution < 1.29 is 5.11 Å². The molecule has 1 saturated heterocycles. The minimum atomic E-state index is 0.341. The monoisotopic (exact) mass is 319 g/mol. The zero-order valence-corrected chi connectivity index (χ0v) is 14.1. The van der Waals surface area contributed by atoms with E-state index in [-0.39, 0.29) is 0 Å². The zero-order valence-electron chi connectivity index (χ0n) is 14.1. The second-order valence-electron chi connectivity index (χ2n) is 7.90. The number of hydrogen-bond donors (Lipinski definition) is 2. The van der Waals surface area contributed by atoms with Crippen molar-refractivity contribution in [3.8, 4) is 16.9 Å². The highest BCUT2D eigenvalue weighted by molar-refractivity contribution is 5.71. The molecule has 5 rings (SSSR count). The largest absolute Gasteiger partial charge is 0.508 e. The standard InChI is InChI=1S/C22H25NO/c24-16-9-7-15(8-10-16)17-4-3-6-19-18(17)14-21-20-5-1-2-11-22(19,20)12-13-23-21/h3-4,6-10,20-21,23-24H,1-2,5,11-14H2/t20-,21+,22-/m0/s1. The zero-order chi connectivity index (χ0) is 16.1. The molecular weight excluding hydrogens is 294 g/mol. The van der Waals surface area contributed by atoms with Crippen LogP contribution in [-0.2, 0) is 11.8 Å². The van der Waals surface area contributed by atoms with Crippen molar-refractivity contribution in [1.82, 2.24) is 5.32 Å². The first-order valence-electron chi connectivity index (χ1n) is 9.43. The first-order valence-corrected chi connectivity index (χ1v) is 9.43. The van der Waals surface area contributed by atoms with Gasteiger partial charge in [-0.1, -0.05) is 43.2 Å². The third-order valence-electron chi connectivity index (χ3n) is 6.88. The Bertz CT molecular complexity index is 762. The summed E-state index contributed by atoms with van der Waals surface area (Å²) in [7, 11) is 0. The van der Waals surface area contributed by atoms with Crippen LogP contribution in [0, 0.1) is 5.92 Å². The van der Waals surface area contributed by atoms with Crippen LogP contribution >= 0.6 is 0 Å². The molecule has 0 aromatic heterocycles. The van der Waals surface area contributed by atoms with Crippen LogP contribution in [0.25, 0.3) is 11.1 Å². The van der Waals surface area contributed by atoms with Gasteiger partial charge in [-0.15, -0.1) is 0 Å². The highest BCUT2D eigenvalue weighted by Crippen LogP contribution is 2.55. The summed E-state index contributed by atoms with van der Waals surface area (Å²) in [4.78, 5) is 0. The molecule has 2 aromatic rings. The SMILES string of the molecule is Oc1ccc(-c2cccc3c2C[C@H]2NCC[C@@]34CCCC[C@@H]24)cc1. The van der Waals surface area contributed by atoms with E-state index in [9.17, 15) is 5.11 Å². The lowest BCUT2D eigenvalue weighted by atomic mass is 9.52. The summed E-state index contributed by atoms with van der Waals surface area (Å²) in [5.74, 6) is 1.16. The van der Waals surface area contributed by atoms with E-state index >= 15 is 0 Å². The highest BCUT2D eigenvalue weighted by atomic mass is 16.3. The smallest absolute Gasteiger partial charge is 0.115 e. The fraction of sp³-hybridized carbons (Fsp3) is 0.455. The van der Waals surface area contributed by atoms with Crippen LogP contribution in [0.3, 0.4) is 0 Å².